The Morgan fingerprint density at radius 1 is 1.33 bits per heavy atom. The zero-order valence-electron chi connectivity index (χ0n) is 20.1. The maximum atomic E-state index is 15.2. The van der Waals surface area contributed by atoms with Crippen LogP contribution in [0, 0.1) is 4.77 Å². The molecule has 198 valence electrons. The maximum absolute atomic E-state index is 15.2. The van der Waals surface area contributed by atoms with E-state index in [1.165, 1.54) is 36.7 Å². The molecule has 1 fully saturated rings. The average molecular weight is 546 g/mol. The van der Waals surface area contributed by atoms with Crippen molar-refractivity contribution >= 4 is 25.9 Å². The number of para-hydroxylation sites is 1. The van der Waals surface area contributed by atoms with Gasteiger partial charge in [-0.3, -0.25) is 23.7 Å². The molecule has 0 bridgehead atoms. The van der Waals surface area contributed by atoms with E-state index in [4.69, 9.17) is 30.7 Å². The van der Waals surface area contributed by atoms with E-state index < -0.39 is 62.1 Å². The number of hydrogen-bond donors (Lipinski definition) is 3. The number of esters is 1. The summed E-state index contributed by atoms with van der Waals surface area (Å²) in [6.07, 6.45) is -3.84. The monoisotopic (exact) mass is 545 g/mol. The summed E-state index contributed by atoms with van der Waals surface area (Å²) in [5.41, 5.74) is -2.54. The molecule has 0 spiro atoms. The number of ether oxygens (including phenoxy) is 2. The van der Waals surface area contributed by atoms with E-state index in [9.17, 15) is 19.3 Å². The van der Waals surface area contributed by atoms with Crippen LogP contribution in [0.25, 0.3) is 0 Å². The highest BCUT2D eigenvalue weighted by Gasteiger charge is 2.55. The van der Waals surface area contributed by atoms with Gasteiger partial charge < -0.3 is 19.1 Å². The van der Waals surface area contributed by atoms with Gasteiger partial charge in [0.2, 0.25) is 0 Å². The van der Waals surface area contributed by atoms with Crippen LogP contribution in [0.15, 0.2) is 47.4 Å². The van der Waals surface area contributed by atoms with Gasteiger partial charge in [0.1, 0.15) is 23.5 Å². The number of nitrogens with zero attached hydrogens (tertiary/aromatic N) is 1. The van der Waals surface area contributed by atoms with Crippen molar-refractivity contribution in [2.24, 2.45) is 0 Å². The summed E-state index contributed by atoms with van der Waals surface area (Å²) >= 11 is 5.10. The summed E-state index contributed by atoms with van der Waals surface area (Å²) in [5, 5.41) is 13.3. The fourth-order valence-corrected chi connectivity index (χ4v) is 5.23. The Bertz CT molecular complexity index is 1220. The molecule has 1 aromatic carbocycles. The lowest BCUT2D eigenvalue weighted by Crippen LogP contribution is -2.42. The molecule has 1 aromatic heterocycles. The standard InChI is InChI=1S/C22H29FN3O8PS/c1-13(2)32-19(28)14(3)25-35(30,34-15-8-6-5-7-9-15)31-12-16-18(23)22(4,29)20(33-16)26-11-10-17(27)24-21(26)36/h5-11,13-14,16,18,20,29H,12H2,1-4H3,(H,25,30)(H,24,27,36)/t14-,16+,18-,20+,22?,35?/m0/s1. The first-order chi connectivity index (χ1) is 16.8. The lowest BCUT2D eigenvalue weighted by molar-refractivity contribution is -0.149. The number of carbonyl (C=O) groups is 1. The van der Waals surface area contributed by atoms with Gasteiger partial charge in [-0.25, -0.2) is 8.96 Å². The number of aromatic amines is 1. The minimum atomic E-state index is -4.28. The molecule has 0 saturated carbocycles. The third kappa shape index (κ3) is 6.67. The largest absolute Gasteiger partial charge is 0.462 e. The van der Waals surface area contributed by atoms with Crippen molar-refractivity contribution in [3.05, 3.63) is 57.7 Å². The van der Waals surface area contributed by atoms with Crippen LogP contribution in [-0.4, -0.2) is 57.3 Å². The summed E-state index contributed by atoms with van der Waals surface area (Å²) in [6, 6.07) is 8.11. The zero-order valence-corrected chi connectivity index (χ0v) is 21.8. The summed E-state index contributed by atoms with van der Waals surface area (Å²) in [7, 11) is -4.28. The number of alkyl halides is 1. The first-order valence-electron chi connectivity index (χ1n) is 11.1. The summed E-state index contributed by atoms with van der Waals surface area (Å²) in [5.74, 6) is -0.521. The molecule has 36 heavy (non-hydrogen) atoms. The predicted molar refractivity (Wildman–Crippen MR) is 130 cm³/mol. The fraction of sp³-hybridized carbons (Fsp3) is 0.500. The van der Waals surface area contributed by atoms with Crippen molar-refractivity contribution in [2.75, 3.05) is 6.61 Å². The van der Waals surface area contributed by atoms with Gasteiger partial charge in [0, 0.05) is 12.3 Å². The first-order valence-corrected chi connectivity index (χ1v) is 13.1. The molecule has 1 aliphatic rings. The predicted octanol–water partition coefficient (Wildman–Crippen LogP) is 3.03. The number of benzene rings is 1. The van der Waals surface area contributed by atoms with E-state index >= 15 is 4.39 Å². The molecule has 0 aliphatic carbocycles. The second-order valence-corrected chi connectivity index (χ2v) is 10.8. The van der Waals surface area contributed by atoms with Crippen molar-refractivity contribution in [3.63, 3.8) is 0 Å². The topological polar surface area (TPSA) is 141 Å². The normalized spacial score (nSPS) is 26.4. The summed E-state index contributed by atoms with van der Waals surface area (Å²) < 4.78 is 51.8. The van der Waals surface area contributed by atoms with E-state index in [1.54, 1.807) is 32.0 Å². The molecule has 1 saturated heterocycles. The van der Waals surface area contributed by atoms with Crippen LogP contribution in [0.1, 0.15) is 33.9 Å². The molecular weight excluding hydrogens is 516 g/mol. The smallest absolute Gasteiger partial charge is 0.459 e. The quantitative estimate of drug-likeness (QED) is 0.232. The Balaban J connectivity index is 1.80. The molecular formula is C22H29FN3O8PS. The number of halogens is 1. The lowest BCUT2D eigenvalue weighted by atomic mass is 9.98. The number of hydrogen-bond acceptors (Lipinski definition) is 9. The molecule has 3 N–H and O–H groups in total. The molecule has 6 atom stereocenters. The highest BCUT2D eigenvalue weighted by molar-refractivity contribution is 7.71. The molecule has 3 rings (SSSR count). The van der Waals surface area contributed by atoms with E-state index in [0.29, 0.717) is 0 Å². The molecule has 2 heterocycles. The van der Waals surface area contributed by atoms with Gasteiger partial charge in [-0.2, -0.15) is 5.09 Å². The Labute approximate surface area is 212 Å². The number of aliphatic hydroxyl groups is 1. The molecule has 1 aliphatic heterocycles. The van der Waals surface area contributed by atoms with Crippen molar-refractivity contribution in [1.82, 2.24) is 14.6 Å². The first kappa shape index (κ1) is 28.2. The zero-order chi connectivity index (χ0) is 26.7. The number of nitrogens with one attached hydrogen (secondary N) is 2. The molecule has 11 nitrogen and oxygen atoms in total. The lowest BCUT2D eigenvalue weighted by Gasteiger charge is -2.27. The van der Waals surface area contributed by atoms with Crippen LogP contribution in [0.3, 0.4) is 0 Å². The Morgan fingerprint density at radius 3 is 2.61 bits per heavy atom. The minimum absolute atomic E-state index is 0.0845. The van der Waals surface area contributed by atoms with Crippen LogP contribution in [0.4, 0.5) is 4.39 Å². The van der Waals surface area contributed by atoms with Crippen molar-refractivity contribution in [3.8, 4) is 5.75 Å². The second kappa shape index (κ2) is 11.3. The van der Waals surface area contributed by atoms with Gasteiger partial charge in [0.15, 0.2) is 17.2 Å². The second-order valence-electron chi connectivity index (χ2n) is 8.71. The fourth-order valence-electron chi connectivity index (χ4n) is 3.47. The summed E-state index contributed by atoms with van der Waals surface area (Å²) in [6.45, 7) is 5.33. The van der Waals surface area contributed by atoms with Gasteiger partial charge in [-0.15, -0.1) is 0 Å². The molecule has 2 aromatic rings. The molecule has 14 heteroatoms. The summed E-state index contributed by atoms with van der Waals surface area (Å²) in [4.78, 5) is 26.1. The van der Waals surface area contributed by atoms with Crippen LogP contribution < -0.4 is 15.2 Å². The van der Waals surface area contributed by atoms with Crippen LogP contribution >= 0.6 is 20.0 Å². The van der Waals surface area contributed by atoms with E-state index in [1.807, 2.05) is 0 Å². The van der Waals surface area contributed by atoms with Crippen molar-refractivity contribution in [2.45, 2.75) is 63.9 Å². The maximum Gasteiger partial charge on any atom is 0.459 e. The number of carbonyl (C=O) groups excluding carboxylic acids is 1. The highest BCUT2D eigenvalue weighted by atomic mass is 32.1. The Morgan fingerprint density at radius 2 is 2.00 bits per heavy atom. The van der Waals surface area contributed by atoms with E-state index in [-0.39, 0.29) is 10.5 Å². The van der Waals surface area contributed by atoms with Crippen LogP contribution in [0.2, 0.25) is 0 Å². The van der Waals surface area contributed by atoms with Gasteiger partial charge in [0.25, 0.3) is 5.56 Å². The van der Waals surface area contributed by atoms with Crippen molar-refractivity contribution in [1.29, 1.82) is 0 Å². The van der Waals surface area contributed by atoms with Crippen LogP contribution in [-0.2, 0) is 23.4 Å². The van der Waals surface area contributed by atoms with Crippen LogP contribution in [0.5, 0.6) is 5.75 Å². The third-order valence-electron chi connectivity index (χ3n) is 5.23. The molecule has 0 radical (unpaired) electrons. The van der Waals surface area contributed by atoms with Crippen molar-refractivity contribution < 1.29 is 37.4 Å². The average Bonchev–Trinajstić information content (AvgIpc) is 3.01. The van der Waals surface area contributed by atoms with E-state index in [0.717, 1.165) is 6.07 Å². The Hall–Kier alpha value is -2.41. The van der Waals surface area contributed by atoms with Gasteiger partial charge in [-0.05, 0) is 52.0 Å². The molecule has 2 unspecified atom stereocenters. The van der Waals surface area contributed by atoms with Gasteiger partial charge in [0.05, 0.1) is 12.7 Å². The Kier molecular flexibility index (Phi) is 8.86. The van der Waals surface area contributed by atoms with Gasteiger partial charge >= 0.3 is 13.7 Å². The SMILES string of the molecule is CC(C)OC(=O)[C@H](C)NP(=O)(OC[C@H]1O[C@@H](n2ccc(=O)[nH]c2=S)C(C)(O)[C@H]1F)Oc1ccccc1. The number of rotatable bonds is 10. The number of H-pyrrole nitrogens is 1. The van der Waals surface area contributed by atoms with E-state index in [2.05, 4.69) is 10.1 Å². The highest BCUT2D eigenvalue weighted by Crippen LogP contribution is 2.47. The number of aromatic nitrogens is 2. The third-order valence-corrected chi connectivity index (χ3v) is 7.18. The molecule has 0 amide bonds. The minimum Gasteiger partial charge on any atom is -0.462 e. The van der Waals surface area contributed by atoms with Gasteiger partial charge in [-0.1, -0.05) is 18.2 Å².